The third kappa shape index (κ3) is 30.7. The number of carboxylic acid groups (broad SMARTS) is 1. The number of nitrogens with one attached hydrogen (secondary N) is 5. The summed E-state index contributed by atoms with van der Waals surface area (Å²) in [4.78, 5) is 146. The number of aldehydes is 1. The molecule has 0 saturated carbocycles. The van der Waals surface area contributed by atoms with Crippen LogP contribution in [0, 0.1) is 23.7 Å². The van der Waals surface area contributed by atoms with Gasteiger partial charge in [0.25, 0.3) is 23.6 Å². The summed E-state index contributed by atoms with van der Waals surface area (Å²) in [6.07, 6.45) is 16.8. The summed E-state index contributed by atoms with van der Waals surface area (Å²) < 4.78 is 0. The van der Waals surface area contributed by atoms with Crippen LogP contribution in [0.3, 0.4) is 0 Å². The minimum atomic E-state index is -1.43. The van der Waals surface area contributed by atoms with Crippen molar-refractivity contribution in [3.8, 4) is 0 Å². The smallest absolute Gasteiger partial charge is 0.331 e. The molecule has 31 heteroatoms. The second kappa shape index (κ2) is 55.8. The first-order valence-electron chi connectivity index (χ1n) is 23.1. The molecule has 6 aliphatic rings. The Morgan fingerprint density at radius 1 is 0.725 bits per heavy atom. The second-order valence-electron chi connectivity index (χ2n) is 17.0. The number of fused-ring (bicyclic) bond motifs is 2. The molecule has 6 rings (SSSR count). The van der Waals surface area contributed by atoms with Gasteiger partial charge in [-0.05, 0) is 133 Å². The third-order valence-electron chi connectivity index (χ3n) is 12.0. The van der Waals surface area contributed by atoms with Gasteiger partial charge in [0, 0.05) is 209 Å². The van der Waals surface area contributed by atoms with Gasteiger partial charge in [-0.3, -0.25) is 67.5 Å². The number of hydrazine groups is 2. The van der Waals surface area contributed by atoms with E-state index in [0.29, 0.717) is 24.9 Å². The molecule has 0 bridgehead atoms. The molecule has 0 aliphatic carbocycles. The maximum Gasteiger partial charge on any atom is 0.331 e. The van der Waals surface area contributed by atoms with Gasteiger partial charge in [-0.2, -0.15) is 6.08 Å². The largest absolute Gasteiger partial charge is 0.541 e. The Labute approximate surface area is 623 Å². The molecule has 0 aromatic heterocycles. The maximum atomic E-state index is 12.1. The number of amides is 4. The van der Waals surface area contributed by atoms with Gasteiger partial charge in [0.05, 0.1) is 6.04 Å². The summed E-state index contributed by atoms with van der Waals surface area (Å²) in [7, 11) is 6.06. The number of rotatable bonds is 11. The molecule has 6 heterocycles. The van der Waals surface area contributed by atoms with E-state index >= 15 is 0 Å². The average Bonchev–Trinajstić information content (AvgIpc) is 4.25. The van der Waals surface area contributed by atoms with Crippen LogP contribution in [-0.4, -0.2) is 206 Å². The molecule has 4 amide bonds. The summed E-state index contributed by atoms with van der Waals surface area (Å²) >= 11 is 0. The number of carboxylic acids is 1. The first kappa shape index (κ1) is 102. The Morgan fingerprint density at radius 2 is 1.18 bits per heavy atom. The van der Waals surface area contributed by atoms with Crippen molar-refractivity contribution in [1.29, 1.82) is 0 Å². The van der Waals surface area contributed by atoms with Crippen LogP contribution < -0.4 is 32.3 Å². The quantitative estimate of drug-likeness (QED) is 0.0496. The number of aliphatic carboxylic acids is 1. The fraction of sp³-hybridized carbons (Fsp3) is 0.633. The zero-order valence-corrected chi connectivity index (χ0v) is 65.6. The van der Waals surface area contributed by atoms with E-state index in [1.807, 2.05) is 45.8 Å². The van der Waals surface area contributed by atoms with Crippen molar-refractivity contribution in [2.24, 2.45) is 29.4 Å². The van der Waals surface area contributed by atoms with E-state index in [9.17, 15) is 52.7 Å². The molecular weight excluding hydrogens is 1500 g/mol. The number of allylic oxidation sites excluding steroid dienone is 3. The van der Waals surface area contributed by atoms with Gasteiger partial charge in [0.15, 0.2) is 22.4 Å². The molecule has 80 heavy (non-hydrogen) atoms. The van der Waals surface area contributed by atoms with Crippen molar-refractivity contribution in [2.75, 3.05) is 54.4 Å². The Balaban J connectivity index is -0.0000000898. The summed E-state index contributed by atoms with van der Waals surface area (Å²) in [6.45, 7) is 24.7. The standard InChI is InChI=1S/2C10H14N3O3.C6H11NO3.2C6H10NO.C4H5O.C3H3O.C2H4O.CH5N.CH2O.6Y/c1-6-4-12-8(15)10(2,11-3)9(16)13(12)7(6)5-14;1-6-4-7(5-14)13-9(16)10(2,11-3)8(15)12(6)13;1-4(8)6(2,7-3)5(9)10;1-5-2-7-3-6(5)4-8;1-5-2-6(4-8)3-7-5;1-2-3-4-5;1-2-3-4;1-2-3;2*1-2;;;;;;/h2*6-7,11H,4H2,1-3H3;7H,1-3H3,(H,9,10);2*5-7H,2-3H2,1H3;2-3H,1H3;2H,1H2;2H,1H3;2H2,1H3;1H2;;;;;;/q2*-1;;4*-1;;;;;;;;;/b;;;;;3-2+;;;;;;;;;;. The Morgan fingerprint density at radius 3 is 1.43 bits per heavy atom. The molecule has 6 saturated heterocycles. The average molecular weight is 1580 g/mol. The van der Waals surface area contributed by atoms with Gasteiger partial charge in [0.2, 0.25) is 0 Å². The van der Waals surface area contributed by atoms with Gasteiger partial charge in [-0.25, -0.2) is 41.1 Å². The molecule has 11 unspecified atom stereocenters. The minimum Gasteiger partial charge on any atom is -0.541 e. The van der Waals surface area contributed by atoms with Crippen LogP contribution in [0.25, 0.3) is 0 Å². The van der Waals surface area contributed by atoms with Crippen molar-refractivity contribution >= 4 is 86.2 Å². The third-order valence-corrected chi connectivity index (χ3v) is 12.0. The SMILES string of the molecule is C/C=C/[C-]=O.C=C[C-]=O.C=O.CC1CC([C-]=O)CN1.CC1CNCC1[C-]=O.CC=O.CN.CNC(C)(C(C)=O)C(=O)O.CNC1(C)C(=O)N2C(C)CC([C-]=O)N2C1=O.CNC1(C)C(=O)N2CC(C)C([C-]=O)N2C1=O.[Y].[Y].[Y].[Y].[Y].[Y]. The predicted molar refractivity (Wildman–Crippen MR) is 273 cm³/mol. The van der Waals surface area contributed by atoms with E-state index < -0.39 is 40.5 Å². The van der Waals surface area contributed by atoms with E-state index in [4.69, 9.17) is 19.5 Å². The number of hydrogen-bond acceptors (Lipinski definition) is 20. The molecule has 0 aromatic rings. The summed E-state index contributed by atoms with van der Waals surface area (Å²) in [5, 5.41) is 27.8. The molecule has 0 spiro atoms. The molecule has 6 radical (unpaired) electrons. The van der Waals surface area contributed by atoms with Crippen molar-refractivity contribution in [3.63, 3.8) is 0 Å². The number of nitrogens with zero attached hydrogens (tertiary/aromatic N) is 4. The Bertz CT molecular complexity index is 1890. The molecule has 11 atom stereocenters. The van der Waals surface area contributed by atoms with Crippen LogP contribution in [-0.2, 0) is 263 Å². The summed E-state index contributed by atoms with van der Waals surface area (Å²) in [6, 6.07) is -0.909. The molecule has 8 N–H and O–H groups in total. The van der Waals surface area contributed by atoms with E-state index in [2.05, 4.69) is 52.7 Å². The second-order valence-corrected chi connectivity index (χ2v) is 17.0. The first-order chi connectivity index (χ1) is 34.8. The molecular formula is C49H78N10O15Y6-6. The molecule has 6 fully saturated rings. The number of nitrogens with two attached hydrogens (primary N) is 1. The maximum absolute atomic E-state index is 12.1. The van der Waals surface area contributed by atoms with Crippen molar-refractivity contribution in [1.82, 2.24) is 46.6 Å². The van der Waals surface area contributed by atoms with Crippen LogP contribution >= 0.6 is 0 Å². The number of Topliss-reactive ketones (excluding diaryl/α,β-unsaturated/α-hetero) is 1. The van der Waals surface area contributed by atoms with Crippen LogP contribution in [0.1, 0.15) is 82.1 Å². The molecule has 6 aliphatic heterocycles. The zero-order chi connectivity index (χ0) is 58.7. The summed E-state index contributed by atoms with van der Waals surface area (Å²) in [5.74, 6) is -2.17. The Hall–Kier alpha value is 0.243. The monoisotopic (exact) mass is 1580 g/mol. The van der Waals surface area contributed by atoms with Gasteiger partial charge in [-0.15, -0.1) is 18.8 Å². The van der Waals surface area contributed by atoms with Crippen molar-refractivity contribution in [2.45, 2.75) is 123 Å². The number of hydrogen-bond donors (Lipinski definition) is 7. The van der Waals surface area contributed by atoms with Gasteiger partial charge in [-0.1, -0.05) is 26.2 Å². The molecule has 0 aromatic carbocycles. The van der Waals surface area contributed by atoms with Crippen LogP contribution in [0.4, 0.5) is 0 Å². The van der Waals surface area contributed by atoms with Gasteiger partial charge < -0.3 is 59.8 Å². The molecule has 25 nitrogen and oxygen atoms in total. The fourth-order valence-corrected chi connectivity index (χ4v) is 7.01. The number of ketones is 1. The van der Waals surface area contributed by atoms with E-state index in [0.717, 1.165) is 38.4 Å². The number of carbonyl (C=O) groups excluding carboxylic acids is 13. The topological polar surface area (TPSA) is 358 Å². The number of carbonyl (C=O) groups is 8. The van der Waals surface area contributed by atoms with Gasteiger partial charge >= 0.3 is 5.97 Å². The normalized spacial score (nSPS) is 25.9. The number of likely N-dealkylation sites (N-methyl/N-ethyl adjacent to an activating group) is 3. The zero-order valence-electron chi connectivity index (χ0n) is 48.6. The van der Waals surface area contributed by atoms with Crippen LogP contribution in [0.5, 0.6) is 0 Å². The van der Waals surface area contributed by atoms with Crippen LogP contribution in [0.2, 0.25) is 0 Å². The summed E-state index contributed by atoms with van der Waals surface area (Å²) in [5.41, 5.74) is 0.582. The predicted octanol–water partition coefficient (Wildman–Crippen LogP) is -2.28. The minimum absolute atomic E-state index is 0. The Kier molecular flexibility index (Phi) is 71.2. The van der Waals surface area contributed by atoms with E-state index in [1.54, 1.807) is 33.4 Å². The first-order valence-corrected chi connectivity index (χ1v) is 23.1. The van der Waals surface area contributed by atoms with Crippen molar-refractivity contribution < 1.29 is 268 Å². The van der Waals surface area contributed by atoms with E-state index in [1.165, 1.54) is 81.1 Å². The van der Waals surface area contributed by atoms with Gasteiger partial charge in [0.1, 0.15) is 13.1 Å². The van der Waals surface area contributed by atoms with Crippen molar-refractivity contribution in [3.05, 3.63) is 24.8 Å². The molecule has 438 valence electrons. The fourth-order valence-electron chi connectivity index (χ4n) is 7.01. The van der Waals surface area contributed by atoms with E-state index in [-0.39, 0.29) is 244 Å². The van der Waals surface area contributed by atoms with Crippen LogP contribution in [0.15, 0.2) is 24.8 Å².